The molecule has 6 fully saturated rings. The minimum atomic E-state index is -4.44. The molecule has 13 atom stereocenters. The van der Waals surface area contributed by atoms with Crippen molar-refractivity contribution < 1.29 is 75.4 Å². The molecule has 30 heteroatoms. The Labute approximate surface area is 629 Å². The monoisotopic (exact) mass is 1520 g/mol. The number of nitrogens with zero attached hydrogens (tertiary/aromatic N) is 9. The van der Waals surface area contributed by atoms with Crippen LogP contribution in [0.1, 0.15) is 195 Å². The predicted molar refractivity (Wildman–Crippen MR) is 390 cm³/mol. The van der Waals surface area contributed by atoms with E-state index in [1.807, 2.05) is 13.8 Å². The van der Waals surface area contributed by atoms with Gasteiger partial charge in [0.25, 0.3) is 0 Å². The van der Waals surface area contributed by atoms with E-state index in [9.17, 15) is 41.9 Å². The zero-order valence-electron chi connectivity index (χ0n) is 64.0. The summed E-state index contributed by atoms with van der Waals surface area (Å²) >= 11 is 13.3. The fourth-order valence-corrected chi connectivity index (χ4v) is 17.3. The van der Waals surface area contributed by atoms with E-state index in [1.54, 1.807) is 40.0 Å². The van der Waals surface area contributed by atoms with E-state index in [1.165, 1.54) is 76.6 Å². The molecule has 2 bridgehead atoms. The zero-order valence-corrected chi connectivity index (χ0v) is 65.5. The number of nitrogens with one attached hydrogen (secondary N) is 3. The van der Waals surface area contributed by atoms with Crippen LogP contribution in [0.3, 0.4) is 0 Å². The third-order valence-corrected chi connectivity index (χ3v) is 25.1. The lowest BCUT2D eigenvalue weighted by Gasteiger charge is -2.46. The number of carbonyl (C=O) groups is 12. The van der Waals surface area contributed by atoms with Gasteiger partial charge in [-0.2, -0.15) is 13.2 Å². The highest BCUT2D eigenvalue weighted by Gasteiger charge is 2.54. The number of ether oxygens (including phenoxy) is 1. The molecule has 3 N–H and O–H groups in total. The van der Waals surface area contributed by atoms with Gasteiger partial charge >= 0.3 is 6.18 Å². The lowest BCUT2D eigenvalue weighted by Crippen LogP contribution is -2.68. The van der Waals surface area contributed by atoms with Gasteiger partial charge in [0.15, 0.2) is 0 Å². The van der Waals surface area contributed by atoms with Crippen LogP contribution in [0.15, 0.2) is 12.2 Å². The van der Waals surface area contributed by atoms with Gasteiger partial charge < -0.3 is 64.8 Å². The number of rotatable bonds is 15. The Bertz CT molecular complexity index is 3100. The van der Waals surface area contributed by atoms with Gasteiger partial charge in [-0.3, -0.25) is 57.5 Å². The van der Waals surface area contributed by atoms with Crippen molar-refractivity contribution in [3.05, 3.63) is 12.2 Å². The molecular weight excluding hydrogens is 1400 g/mol. The van der Waals surface area contributed by atoms with Crippen LogP contribution in [0.4, 0.5) is 13.2 Å². The van der Waals surface area contributed by atoms with E-state index < -0.39 is 180 Å². The number of hydrogen-bond acceptors (Lipinski definition) is 13. The summed E-state index contributed by atoms with van der Waals surface area (Å²) in [6.45, 7) is 8.01. The Morgan fingerprint density at radius 2 is 1.32 bits per heavy atom. The first-order chi connectivity index (χ1) is 49.6. The van der Waals surface area contributed by atoms with E-state index in [4.69, 9.17) is 27.9 Å². The molecule has 3 heterocycles. The average molecular weight is 1520 g/mol. The van der Waals surface area contributed by atoms with Crippen LogP contribution < -0.4 is 16.0 Å². The number of amides is 12. The standard InChI is InChI=1S/C75H119Cl2F3N12O13/c1-13-17-26-55-65(96)82-63(46(5)14-2)71(102)86(8)45-62(95)88(10)56-27-19-18-22-38-91(70(56)101)59(40-48-28-32-50(33-29-48)75(78,79)80)69(100)85(7)44-60(93)81-54(35-31-47-30-34-52(76)53(77)39-47)67(98)92-43-51(105-16-4)41-57(92)66(97)83-74(36-23-37-74)73(104)90(12)64(49-24-20-21-25-49)72(103)89(11)58(42-61(94)87(55)9)68(99)84(6)15-3/h18-19,46-59,63-64H,13-17,20-45H2,1-12H3,(H,81,93)(H,82,96)(H,83,97)/b19-18-/t46-,47?,48?,50?,51+,52?,53?,54-,55-,56-,57-,58-,59-,63-,64-/m0/s1. The molecule has 2 saturated heterocycles. The molecule has 7 rings (SSSR count). The Balaban J connectivity index is 1.32. The summed E-state index contributed by atoms with van der Waals surface area (Å²) < 4.78 is 48.5. The molecule has 0 aromatic carbocycles. The number of hydrogen-bond donors (Lipinski definition) is 3. The SMILES string of the molecule is CCCC[C@H]1C(=O)N[C@@H]([C@@H](C)CC)C(=O)N(C)CC(=O)N(C)[C@H]2C/C=C\CCN(C2=O)[C@@H](CC2CCC(C(F)(F)F)CC2)C(=O)N(C)CC(=O)N[C@@H](CCC2CCC(Cl)C(Cl)C2)C(=O)N2C[C@H](OCC)C[C@H]2C(=O)NC2(CCC2)C(=O)N(C)[C@@H](C2CCCC2)C(=O)N(C)[C@H](C(=O)N(C)CC)CC(=O)N1C. The van der Waals surface area contributed by atoms with Crippen LogP contribution in [-0.4, -0.2) is 281 Å². The molecule has 4 saturated carbocycles. The molecule has 4 aliphatic carbocycles. The Hall–Kier alpha value is -6.29. The molecule has 12 amide bonds. The normalized spacial score (nSPS) is 31.6. The van der Waals surface area contributed by atoms with Gasteiger partial charge in [0.2, 0.25) is 70.9 Å². The third kappa shape index (κ3) is 21.4. The smallest absolute Gasteiger partial charge is 0.377 e. The van der Waals surface area contributed by atoms with Gasteiger partial charge in [-0.05, 0) is 153 Å². The highest BCUT2D eigenvalue weighted by molar-refractivity contribution is 6.30. The molecule has 0 aromatic heterocycles. The molecule has 0 radical (unpaired) electrons. The van der Waals surface area contributed by atoms with E-state index in [0.29, 0.717) is 64.2 Å². The van der Waals surface area contributed by atoms with Crippen LogP contribution in [0.25, 0.3) is 0 Å². The average Bonchev–Trinajstić information content (AvgIpc) is 1.73. The second kappa shape index (κ2) is 38.7. The van der Waals surface area contributed by atoms with Gasteiger partial charge in [0.05, 0.1) is 36.9 Å². The highest BCUT2D eigenvalue weighted by atomic mass is 35.5. The molecular formula is C75H119Cl2F3N12O13. The summed E-state index contributed by atoms with van der Waals surface area (Å²) in [7, 11) is 10.0. The molecule has 592 valence electrons. The summed E-state index contributed by atoms with van der Waals surface area (Å²) in [5, 5.41) is 8.23. The van der Waals surface area contributed by atoms with Crippen molar-refractivity contribution in [3.8, 4) is 0 Å². The van der Waals surface area contributed by atoms with Crippen LogP contribution in [-0.2, 0) is 62.3 Å². The molecule has 0 aromatic rings. The topological polar surface area (TPSA) is 279 Å². The second-order valence-corrected chi connectivity index (χ2v) is 32.2. The van der Waals surface area contributed by atoms with E-state index in [0.717, 1.165) is 22.6 Å². The Kier molecular flexibility index (Phi) is 31.7. The lowest BCUT2D eigenvalue weighted by molar-refractivity contribution is -0.184. The highest BCUT2D eigenvalue weighted by Crippen LogP contribution is 2.43. The first-order valence-corrected chi connectivity index (χ1v) is 39.4. The van der Waals surface area contributed by atoms with Crippen molar-refractivity contribution in [1.29, 1.82) is 0 Å². The third-order valence-electron chi connectivity index (χ3n) is 24.0. The van der Waals surface area contributed by atoms with Crippen molar-refractivity contribution in [2.45, 2.75) is 272 Å². The fourth-order valence-electron chi connectivity index (χ4n) is 16.7. The van der Waals surface area contributed by atoms with E-state index >= 15 is 28.8 Å². The maximum atomic E-state index is 15.6. The van der Waals surface area contributed by atoms with Crippen LogP contribution in [0, 0.1) is 29.6 Å². The van der Waals surface area contributed by atoms with Gasteiger partial charge in [0.1, 0.15) is 53.9 Å². The largest absolute Gasteiger partial charge is 0.391 e. The maximum Gasteiger partial charge on any atom is 0.391 e. The van der Waals surface area contributed by atoms with Crippen molar-refractivity contribution in [3.63, 3.8) is 0 Å². The molecule has 7 aliphatic rings. The number of halogens is 5. The summed E-state index contributed by atoms with van der Waals surface area (Å²) in [4.78, 5) is 193. The van der Waals surface area contributed by atoms with Crippen LogP contribution in [0.2, 0.25) is 0 Å². The Morgan fingerprint density at radius 3 is 1.92 bits per heavy atom. The summed E-state index contributed by atoms with van der Waals surface area (Å²) in [6.07, 6.45) is 5.02. The van der Waals surface area contributed by atoms with Gasteiger partial charge in [-0.15, -0.1) is 23.2 Å². The van der Waals surface area contributed by atoms with Gasteiger partial charge in [-0.25, -0.2) is 0 Å². The molecule has 105 heavy (non-hydrogen) atoms. The number of unbranched alkanes of at least 4 members (excludes halogenated alkanes) is 1. The number of carbonyl (C=O) groups excluding carboxylic acids is 12. The number of alkyl halides is 5. The maximum absolute atomic E-state index is 15.6. The van der Waals surface area contributed by atoms with E-state index in [-0.39, 0.29) is 120 Å². The first-order valence-electron chi connectivity index (χ1n) is 38.6. The van der Waals surface area contributed by atoms with Gasteiger partial charge in [0, 0.05) is 87.4 Å². The van der Waals surface area contributed by atoms with Crippen LogP contribution >= 0.6 is 23.2 Å². The number of likely N-dealkylation sites (N-methyl/N-ethyl adjacent to an activating group) is 7. The van der Waals surface area contributed by atoms with Crippen LogP contribution in [0.5, 0.6) is 0 Å². The van der Waals surface area contributed by atoms with Gasteiger partial charge in [-0.1, -0.05) is 65.0 Å². The molecule has 25 nitrogen and oxygen atoms in total. The first kappa shape index (κ1) is 86.0. The van der Waals surface area contributed by atoms with Crippen molar-refractivity contribution >= 4 is 94.1 Å². The predicted octanol–water partition coefficient (Wildman–Crippen LogP) is 6.64. The second-order valence-electron chi connectivity index (χ2n) is 31.1. The van der Waals surface area contributed by atoms with E-state index in [2.05, 4.69) is 16.0 Å². The quantitative estimate of drug-likeness (QED) is 0.115. The zero-order chi connectivity index (χ0) is 77.5. The van der Waals surface area contributed by atoms with Crippen molar-refractivity contribution in [1.82, 2.24) is 60.0 Å². The van der Waals surface area contributed by atoms with Crippen molar-refractivity contribution in [2.75, 3.05) is 88.7 Å². The summed E-state index contributed by atoms with van der Waals surface area (Å²) in [6, 6.07) is -10.2. The lowest BCUT2D eigenvalue weighted by atomic mass is 9.74. The molecule has 3 unspecified atom stereocenters. The molecule has 1 spiro atoms. The summed E-state index contributed by atoms with van der Waals surface area (Å²) in [5.41, 5.74) is -1.55. The Morgan fingerprint density at radius 1 is 0.667 bits per heavy atom. The summed E-state index contributed by atoms with van der Waals surface area (Å²) in [5.74, 6) is -10.9. The minimum Gasteiger partial charge on any atom is -0.377 e. The number of fused-ring (bicyclic) bond motifs is 3. The fraction of sp³-hybridized carbons (Fsp3) is 0.813. The minimum absolute atomic E-state index is 0.00892. The van der Waals surface area contributed by atoms with Crippen molar-refractivity contribution in [2.24, 2.45) is 29.6 Å². The molecule has 3 aliphatic heterocycles.